The number of rotatable bonds is 8. The Balaban J connectivity index is 2.05. The molecule has 0 saturated carbocycles. The third-order valence-corrected chi connectivity index (χ3v) is 4.78. The van der Waals surface area contributed by atoms with E-state index in [1.807, 2.05) is 0 Å². The second kappa shape index (κ2) is 9.13. The first kappa shape index (κ1) is 20.4. The minimum Gasteiger partial charge on any atom is -0.462 e. The van der Waals surface area contributed by atoms with Crippen molar-refractivity contribution >= 4 is 27.6 Å². The van der Waals surface area contributed by atoms with Crippen molar-refractivity contribution in [1.29, 1.82) is 0 Å². The van der Waals surface area contributed by atoms with Gasteiger partial charge >= 0.3 is 5.97 Å². The summed E-state index contributed by atoms with van der Waals surface area (Å²) in [5, 5.41) is 2.66. The van der Waals surface area contributed by atoms with Crippen LogP contribution in [0.4, 0.5) is 5.69 Å². The molecule has 0 fully saturated rings. The predicted molar refractivity (Wildman–Crippen MR) is 101 cm³/mol. The lowest BCUT2D eigenvalue weighted by Gasteiger charge is -2.22. The Bertz CT molecular complexity index is 883. The molecule has 0 radical (unpaired) electrons. The second-order valence-electron chi connectivity index (χ2n) is 5.60. The Morgan fingerprint density at radius 3 is 2.41 bits per heavy atom. The summed E-state index contributed by atoms with van der Waals surface area (Å²) in [6, 6.07) is 9.31. The summed E-state index contributed by atoms with van der Waals surface area (Å²) >= 11 is 0. The van der Waals surface area contributed by atoms with Crippen LogP contribution in [-0.4, -0.2) is 51.2 Å². The molecule has 1 amide bonds. The molecule has 1 N–H and O–H groups in total. The zero-order valence-corrected chi connectivity index (χ0v) is 15.9. The van der Waals surface area contributed by atoms with Gasteiger partial charge in [0.2, 0.25) is 10.0 Å². The van der Waals surface area contributed by atoms with Crippen LogP contribution in [0, 0.1) is 0 Å². The Morgan fingerprint density at radius 2 is 1.85 bits per heavy atom. The number of aromatic nitrogens is 1. The standard InChI is InChI=1S/C18H21N3O5S/c1-3-26-18(23)14-6-8-16(9-7-14)21(27(2,24)25)12-11-20-17(22)15-5-4-10-19-13-15/h4-10,13H,3,11-12H2,1-2H3,(H,20,22). The number of benzene rings is 1. The van der Waals surface area contributed by atoms with Crippen LogP contribution in [0.2, 0.25) is 0 Å². The Morgan fingerprint density at radius 1 is 1.15 bits per heavy atom. The summed E-state index contributed by atoms with van der Waals surface area (Å²) in [6.45, 7) is 2.12. The number of nitrogens with one attached hydrogen (secondary N) is 1. The van der Waals surface area contributed by atoms with Crippen LogP contribution in [0.25, 0.3) is 0 Å². The molecule has 1 heterocycles. The van der Waals surface area contributed by atoms with E-state index < -0.39 is 16.0 Å². The molecule has 27 heavy (non-hydrogen) atoms. The molecule has 0 atom stereocenters. The predicted octanol–water partition coefficient (Wildman–Crippen LogP) is 1.45. The minimum atomic E-state index is -3.57. The quantitative estimate of drug-likeness (QED) is 0.683. The summed E-state index contributed by atoms with van der Waals surface area (Å²) in [5.74, 6) is -0.812. The number of pyridine rings is 1. The molecule has 2 aromatic rings. The zero-order valence-electron chi connectivity index (χ0n) is 15.1. The van der Waals surface area contributed by atoms with Crippen molar-refractivity contribution in [2.45, 2.75) is 6.92 Å². The SMILES string of the molecule is CCOC(=O)c1ccc(N(CCNC(=O)c2cccnc2)S(C)(=O)=O)cc1. The number of carbonyl (C=O) groups is 2. The van der Waals surface area contributed by atoms with E-state index in [4.69, 9.17) is 4.74 Å². The van der Waals surface area contributed by atoms with Crippen LogP contribution in [0.1, 0.15) is 27.6 Å². The first-order chi connectivity index (χ1) is 12.8. The van der Waals surface area contributed by atoms with Crippen molar-refractivity contribution in [3.63, 3.8) is 0 Å². The maximum absolute atomic E-state index is 12.1. The van der Waals surface area contributed by atoms with Crippen molar-refractivity contribution in [3.8, 4) is 0 Å². The number of hydrogen-bond donors (Lipinski definition) is 1. The van der Waals surface area contributed by atoms with Crippen LogP contribution < -0.4 is 9.62 Å². The third-order valence-electron chi connectivity index (χ3n) is 3.59. The lowest BCUT2D eigenvalue weighted by molar-refractivity contribution is 0.0526. The second-order valence-corrected chi connectivity index (χ2v) is 7.51. The number of esters is 1. The lowest BCUT2D eigenvalue weighted by Crippen LogP contribution is -2.38. The summed E-state index contributed by atoms with van der Waals surface area (Å²) in [7, 11) is -3.57. The normalized spacial score (nSPS) is 10.9. The molecule has 0 aliphatic heterocycles. The highest BCUT2D eigenvalue weighted by molar-refractivity contribution is 7.92. The van der Waals surface area contributed by atoms with Crippen molar-refractivity contribution in [2.24, 2.45) is 0 Å². The molecule has 0 spiro atoms. The smallest absolute Gasteiger partial charge is 0.338 e. The molecule has 0 aliphatic carbocycles. The fraction of sp³-hybridized carbons (Fsp3) is 0.278. The molecular formula is C18H21N3O5S. The number of hydrogen-bond acceptors (Lipinski definition) is 6. The number of sulfonamides is 1. The van der Waals surface area contributed by atoms with E-state index in [-0.39, 0.29) is 25.6 Å². The van der Waals surface area contributed by atoms with E-state index in [9.17, 15) is 18.0 Å². The summed E-state index contributed by atoms with van der Waals surface area (Å²) in [5.41, 5.74) is 1.11. The summed E-state index contributed by atoms with van der Waals surface area (Å²) < 4.78 is 30.3. The van der Waals surface area contributed by atoms with Gasteiger partial charge in [-0.15, -0.1) is 0 Å². The van der Waals surface area contributed by atoms with Gasteiger partial charge in [-0.25, -0.2) is 13.2 Å². The Labute approximate surface area is 158 Å². The Hall–Kier alpha value is -2.94. The zero-order chi connectivity index (χ0) is 19.9. The maximum Gasteiger partial charge on any atom is 0.338 e. The molecule has 8 nitrogen and oxygen atoms in total. The molecule has 0 unspecified atom stereocenters. The molecule has 2 rings (SSSR count). The summed E-state index contributed by atoms with van der Waals surface area (Å²) in [4.78, 5) is 27.6. The molecule has 1 aromatic heterocycles. The van der Waals surface area contributed by atoms with Crippen LogP contribution in [-0.2, 0) is 14.8 Å². The third kappa shape index (κ3) is 5.78. The van der Waals surface area contributed by atoms with Gasteiger partial charge in [-0.1, -0.05) is 0 Å². The topological polar surface area (TPSA) is 106 Å². The van der Waals surface area contributed by atoms with Gasteiger partial charge in [0.15, 0.2) is 0 Å². The molecular weight excluding hydrogens is 370 g/mol. The average molecular weight is 391 g/mol. The highest BCUT2D eigenvalue weighted by Gasteiger charge is 2.18. The molecule has 1 aromatic carbocycles. The van der Waals surface area contributed by atoms with Gasteiger partial charge in [0.1, 0.15) is 0 Å². The molecule has 0 aliphatic rings. The van der Waals surface area contributed by atoms with Gasteiger partial charge in [0.05, 0.1) is 36.2 Å². The Kier molecular flexibility index (Phi) is 6.89. The van der Waals surface area contributed by atoms with E-state index in [2.05, 4.69) is 10.3 Å². The monoisotopic (exact) mass is 391 g/mol. The maximum atomic E-state index is 12.1. The van der Waals surface area contributed by atoms with E-state index in [1.54, 1.807) is 25.3 Å². The van der Waals surface area contributed by atoms with Gasteiger partial charge in [-0.05, 0) is 43.3 Å². The highest BCUT2D eigenvalue weighted by Crippen LogP contribution is 2.18. The van der Waals surface area contributed by atoms with Gasteiger partial charge in [0, 0.05) is 18.9 Å². The van der Waals surface area contributed by atoms with Crippen molar-refractivity contribution in [1.82, 2.24) is 10.3 Å². The number of anilines is 1. The fourth-order valence-corrected chi connectivity index (χ4v) is 3.26. The van der Waals surface area contributed by atoms with Crippen molar-refractivity contribution < 1.29 is 22.7 Å². The van der Waals surface area contributed by atoms with Gasteiger partial charge in [0.25, 0.3) is 5.91 Å². The average Bonchev–Trinajstić information content (AvgIpc) is 2.65. The van der Waals surface area contributed by atoms with Crippen LogP contribution >= 0.6 is 0 Å². The number of nitrogens with zero attached hydrogens (tertiary/aromatic N) is 2. The number of ether oxygens (including phenoxy) is 1. The van der Waals surface area contributed by atoms with Crippen LogP contribution in [0.3, 0.4) is 0 Å². The van der Waals surface area contributed by atoms with E-state index in [0.29, 0.717) is 16.8 Å². The van der Waals surface area contributed by atoms with E-state index >= 15 is 0 Å². The first-order valence-electron chi connectivity index (χ1n) is 8.26. The number of carbonyl (C=O) groups excluding carboxylic acids is 2. The van der Waals surface area contributed by atoms with Crippen LogP contribution in [0.5, 0.6) is 0 Å². The molecule has 9 heteroatoms. The summed E-state index contributed by atoms with van der Waals surface area (Å²) in [6.07, 6.45) is 4.06. The lowest BCUT2D eigenvalue weighted by atomic mass is 10.2. The minimum absolute atomic E-state index is 0.0452. The van der Waals surface area contributed by atoms with Crippen molar-refractivity contribution in [2.75, 3.05) is 30.3 Å². The van der Waals surface area contributed by atoms with Gasteiger partial charge < -0.3 is 10.1 Å². The van der Waals surface area contributed by atoms with E-state index in [1.165, 1.54) is 30.5 Å². The van der Waals surface area contributed by atoms with Gasteiger partial charge in [-0.2, -0.15) is 0 Å². The van der Waals surface area contributed by atoms with E-state index in [0.717, 1.165) is 10.6 Å². The van der Waals surface area contributed by atoms with Crippen LogP contribution in [0.15, 0.2) is 48.8 Å². The van der Waals surface area contributed by atoms with Crippen molar-refractivity contribution in [3.05, 3.63) is 59.9 Å². The molecule has 0 bridgehead atoms. The van der Waals surface area contributed by atoms with Gasteiger partial charge in [-0.3, -0.25) is 14.1 Å². The number of amides is 1. The largest absolute Gasteiger partial charge is 0.462 e. The highest BCUT2D eigenvalue weighted by atomic mass is 32.2. The fourth-order valence-electron chi connectivity index (χ4n) is 2.33. The molecule has 0 saturated heterocycles. The molecule has 144 valence electrons. The first-order valence-corrected chi connectivity index (χ1v) is 10.1.